The second-order valence-corrected chi connectivity index (χ2v) is 9.16. The van der Waals surface area contributed by atoms with Crippen LogP contribution in [-0.2, 0) is 9.53 Å². The van der Waals surface area contributed by atoms with Crippen molar-refractivity contribution in [1.29, 1.82) is 5.41 Å². The number of nitrogens with zero attached hydrogens (tertiary/aromatic N) is 2. The number of ether oxygens (including phenoxy) is 1. The van der Waals surface area contributed by atoms with Gasteiger partial charge in [0.1, 0.15) is 5.84 Å². The number of hydrogen-bond acceptors (Lipinski definition) is 7. The molecule has 0 aliphatic carbocycles. The summed E-state index contributed by atoms with van der Waals surface area (Å²) in [5.41, 5.74) is 9.51. The largest absolute Gasteiger partial charge is 0.389 e. The van der Waals surface area contributed by atoms with Crippen LogP contribution in [0.3, 0.4) is 0 Å². The number of amides is 1. The molecule has 4 rings (SSSR count). The van der Waals surface area contributed by atoms with E-state index in [1.54, 1.807) is 12.4 Å². The van der Waals surface area contributed by atoms with Gasteiger partial charge in [0, 0.05) is 49.8 Å². The van der Waals surface area contributed by atoms with E-state index in [-0.39, 0.29) is 11.7 Å². The number of rotatable bonds is 7. The van der Waals surface area contributed by atoms with Gasteiger partial charge in [0.25, 0.3) is 0 Å². The predicted octanol–water partition coefficient (Wildman–Crippen LogP) is 2.49. The molecule has 1 saturated heterocycles. The highest BCUT2D eigenvalue weighted by atomic mass is 16.5. The molecule has 0 unspecified atom stereocenters. The number of aliphatic imine (C=N–C) groups is 1. The summed E-state index contributed by atoms with van der Waals surface area (Å²) in [4.78, 5) is 17.2. The van der Waals surface area contributed by atoms with E-state index < -0.39 is 5.41 Å². The number of hydrogen-bond donors (Lipinski definition) is 5. The van der Waals surface area contributed by atoms with Gasteiger partial charge in [-0.3, -0.25) is 15.3 Å². The maximum Gasteiger partial charge on any atom is 0.227 e. The fraction of sp³-hybridized carbons (Fsp3) is 0.417. The Hall–Kier alpha value is -3.46. The quantitative estimate of drug-likeness (QED) is 0.442. The Morgan fingerprint density at radius 2 is 2.12 bits per heavy atom. The molecule has 1 fully saturated rings. The fourth-order valence-corrected chi connectivity index (χ4v) is 3.94. The number of H-pyrrole nitrogens is 1. The van der Waals surface area contributed by atoms with Crippen molar-refractivity contribution in [3.8, 4) is 11.3 Å². The summed E-state index contributed by atoms with van der Waals surface area (Å²) in [6.45, 7) is 6.40. The van der Waals surface area contributed by atoms with E-state index in [9.17, 15) is 4.79 Å². The first-order chi connectivity index (χ1) is 15.8. The van der Waals surface area contributed by atoms with E-state index in [4.69, 9.17) is 15.9 Å². The molecule has 33 heavy (non-hydrogen) atoms. The lowest BCUT2D eigenvalue weighted by molar-refractivity contribution is -0.129. The average Bonchev–Trinajstić information content (AvgIpc) is 3.35. The van der Waals surface area contributed by atoms with Crippen molar-refractivity contribution in [3.63, 3.8) is 0 Å². The zero-order valence-electron chi connectivity index (χ0n) is 19.1. The van der Waals surface area contributed by atoms with Gasteiger partial charge in [-0.2, -0.15) is 5.10 Å². The zero-order valence-corrected chi connectivity index (χ0v) is 19.1. The number of aromatic amines is 1. The highest BCUT2D eigenvalue weighted by molar-refractivity contribution is 6.32. The van der Waals surface area contributed by atoms with Crippen LogP contribution in [0.25, 0.3) is 11.3 Å². The topological polar surface area (TPSA) is 141 Å². The first-order valence-electron chi connectivity index (χ1n) is 11.2. The third-order valence-electron chi connectivity index (χ3n) is 6.16. The highest BCUT2D eigenvalue weighted by Gasteiger charge is 2.28. The Morgan fingerprint density at radius 1 is 1.33 bits per heavy atom. The third kappa shape index (κ3) is 5.14. The monoisotopic (exact) mass is 449 g/mol. The van der Waals surface area contributed by atoms with Gasteiger partial charge in [0.2, 0.25) is 5.91 Å². The zero-order chi connectivity index (χ0) is 23.4. The Morgan fingerprint density at radius 3 is 2.85 bits per heavy atom. The molecule has 2 aromatic rings. The first kappa shape index (κ1) is 22.7. The average molecular weight is 450 g/mol. The molecule has 1 aromatic heterocycles. The second kappa shape index (κ2) is 9.58. The maximum atomic E-state index is 12.7. The van der Waals surface area contributed by atoms with Crippen LogP contribution < -0.4 is 16.4 Å². The molecular formula is C24H31N7O2. The lowest BCUT2D eigenvalue weighted by Crippen LogP contribution is -2.44. The standard InChI is InChI=1S/C24H31N7O2/c1-24(2,23(32)28-12-15-6-9-33-10-7-15)14-27-13-18-21(25)17-4-3-16(19-5-8-29-31-19)11-20(17)30-22(18)26/h3-5,8,11,13,15,25,27H,6-7,9-10,12,14H2,1-2H3,(H2,26,30)(H,28,32)(H,29,31)/b18-13+,25-21?. The Labute approximate surface area is 193 Å². The molecule has 0 radical (unpaired) electrons. The van der Waals surface area contributed by atoms with Crippen molar-refractivity contribution in [2.75, 3.05) is 26.3 Å². The number of nitrogens with one attached hydrogen (secondary N) is 4. The van der Waals surface area contributed by atoms with E-state index in [1.807, 2.05) is 38.1 Å². The summed E-state index contributed by atoms with van der Waals surface area (Å²) in [6, 6.07) is 7.56. The summed E-state index contributed by atoms with van der Waals surface area (Å²) in [5.74, 6) is 0.738. The van der Waals surface area contributed by atoms with Crippen molar-refractivity contribution in [1.82, 2.24) is 20.8 Å². The predicted molar refractivity (Wildman–Crippen MR) is 129 cm³/mol. The molecule has 3 heterocycles. The van der Waals surface area contributed by atoms with E-state index in [2.05, 4.69) is 25.8 Å². The van der Waals surface area contributed by atoms with E-state index in [0.29, 0.717) is 41.5 Å². The van der Waals surface area contributed by atoms with Crippen LogP contribution >= 0.6 is 0 Å². The molecule has 174 valence electrons. The molecular weight excluding hydrogens is 418 g/mol. The third-order valence-corrected chi connectivity index (χ3v) is 6.16. The minimum Gasteiger partial charge on any atom is -0.389 e. The summed E-state index contributed by atoms with van der Waals surface area (Å²) in [5, 5.41) is 21.8. The SMILES string of the molecule is CC(C)(CN/C=C1\C(=N)c2ccc(-c3ccn[nH]3)cc2N=C1N)C(=O)NCC1CCOCC1. The van der Waals surface area contributed by atoms with Gasteiger partial charge in [-0.25, -0.2) is 4.99 Å². The Balaban J connectivity index is 1.38. The van der Waals surface area contributed by atoms with E-state index in [0.717, 1.165) is 37.3 Å². The van der Waals surface area contributed by atoms with Gasteiger partial charge in [-0.05, 0) is 50.8 Å². The van der Waals surface area contributed by atoms with Crippen molar-refractivity contribution in [2.45, 2.75) is 26.7 Å². The summed E-state index contributed by atoms with van der Waals surface area (Å²) < 4.78 is 5.38. The van der Waals surface area contributed by atoms with Crippen LogP contribution in [0.4, 0.5) is 5.69 Å². The smallest absolute Gasteiger partial charge is 0.227 e. The van der Waals surface area contributed by atoms with Crippen molar-refractivity contribution in [2.24, 2.45) is 22.1 Å². The highest BCUT2D eigenvalue weighted by Crippen LogP contribution is 2.31. The number of benzene rings is 1. The fourth-order valence-electron chi connectivity index (χ4n) is 3.94. The number of aromatic nitrogens is 2. The number of amidine groups is 1. The van der Waals surface area contributed by atoms with Gasteiger partial charge in [0.05, 0.1) is 28.1 Å². The van der Waals surface area contributed by atoms with Crippen LogP contribution in [0.5, 0.6) is 0 Å². The molecule has 1 aromatic carbocycles. The molecule has 9 nitrogen and oxygen atoms in total. The second-order valence-electron chi connectivity index (χ2n) is 9.16. The minimum atomic E-state index is -0.623. The summed E-state index contributed by atoms with van der Waals surface area (Å²) >= 11 is 0. The van der Waals surface area contributed by atoms with Crippen LogP contribution in [-0.4, -0.2) is 54.0 Å². The number of carbonyl (C=O) groups is 1. The van der Waals surface area contributed by atoms with Gasteiger partial charge in [0.15, 0.2) is 0 Å². The molecule has 9 heteroatoms. The molecule has 2 aliphatic rings. The Kier molecular flexibility index (Phi) is 6.60. The minimum absolute atomic E-state index is 0.00284. The molecule has 1 amide bonds. The van der Waals surface area contributed by atoms with Gasteiger partial charge in [-0.1, -0.05) is 6.07 Å². The van der Waals surface area contributed by atoms with Crippen molar-refractivity contribution < 1.29 is 9.53 Å². The van der Waals surface area contributed by atoms with Crippen LogP contribution in [0.2, 0.25) is 0 Å². The van der Waals surface area contributed by atoms with Crippen molar-refractivity contribution >= 4 is 23.1 Å². The molecule has 0 saturated carbocycles. The van der Waals surface area contributed by atoms with E-state index in [1.165, 1.54) is 0 Å². The maximum absolute atomic E-state index is 12.7. The van der Waals surface area contributed by atoms with Gasteiger partial charge < -0.3 is 21.1 Å². The molecule has 0 spiro atoms. The lowest BCUT2D eigenvalue weighted by Gasteiger charge is -2.27. The molecule has 2 aliphatic heterocycles. The molecule has 0 atom stereocenters. The van der Waals surface area contributed by atoms with Crippen LogP contribution in [0, 0.1) is 16.7 Å². The van der Waals surface area contributed by atoms with Crippen LogP contribution in [0.1, 0.15) is 32.3 Å². The van der Waals surface area contributed by atoms with Crippen LogP contribution in [0.15, 0.2) is 47.2 Å². The van der Waals surface area contributed by atoms with Gasteiger partial charge in [-0.15, -0.1) is 0 Å². The number of fused-ring (bicyclic) bond motifs is 1. The normalized spacial score (nSPS) is 18.1. The van der Waals surface area contributed by atoms with Crippen molar-refractivity contribution in [3.05, 3.63) is 47.8 Å². The Bertz CT molecular complexity index is 1080. The van der Waals surface area contributed by atoms with E-state index >= 15 is 0 Å². The summed E-state index contributed by atoms with van der Waals surface area (Å²) in [7, 11) is 0. The number of nitrogens with two attached hydrogens (primary N) is 1. The lowest BCUT2D eigenvalue weighted by atomic mass is 9.91. The number of carbonyl (C=O) groups excluding carboxylic acids is 1. The molecule has 6 N–H and O–H groups in total. The van der Waals surface area contributed by atoms with Gasteiger partial charge >= 0.3 is 0 Å². The summed E-state index contributed by atoms with van der Waals surface area (Å²) in [6.07, 6.45) is 5.33. The molecule has 0 bridgehead atoms. The first-order valence-corrected chi connectivity index (χ1v) is 11.2.